The molecular weight excluding hydrogens is 567 g/mol. The molecular formula is C46H41N. The van der Waals surface area contributed by atoms with E-state index in [4.69, 9.17) is 0 Å². The third-order valence-electron chi connectivity index (χ3n) is 8.50. The summed E-state index contributed by atoms with van der Waals surface area (Å²) in [4.78, 5) is 2.32. The van der Waals surface area contributed by atoms with Crippen LogP contribution in [0.3, 0.4) is 0 Å². The van der Waals surface area contributed by atoms with Gasteiger partial charge in [-0.3, -0.25) is 0 Å². The molecule has 0 fully saturated rings. The van der Waals surface area contributed by atoms with Crippen LogP contribution in [0, 0.1) is 27.7 Å². The fourth-order valence-corrected chi connectivity index (χ4v) is 5.83. The third-order valence-corrected chi connectivity index (χ3v) is 8.50. The summed E-state index contributed by atoms with van der Waals surface area (Å²) in [6, 6.07) is 54.3. The van der Waals surface area contributed by atoms with E-state index < -0.39 is 0 Å². The Morgan fingerprint density at radius 1 is 0.447 bits per heavy atom. The van der Waals surface area contributed by atoms with Gasteiger partial charge in [0.25, 0.3) is 0 Å². The smallest absolute Gasteiger partial charge is 0.0458 e. The fourth-order valence-electron chi connectivity index (χ4n) is 5.83. The average Bonchev–Trinajstić information content (AvgIpc) is 3.10. The number of benzene rings is 6. The largest absolute Gasteiger partial charge is 0.317 e. The predicted octanol–water partition coefficient (Wildman–Crippen LogP) is 12.3. The molecule has 0 bridgehead atoms. The third kappa shape index (κ3) is 7.77. The summed E-state index contributed by atoms with van der Waals surface area (Å²) in [5, 5.41) is 0. The van der Waals surface area contributed by atoms with Crippen molar-refractivity contribution < 1.29 is 0 Å². The van der Waals surface area contributed by atoms with E-state index in [1.807, 2.05) is 0 Å². The van der Waals surface area contributed by atoms with Crippen molar-refractivity contribution in [2.45, 2.75) is 27.7 Å². The van der Waals surface area contributed by atoms with E-state index >= 15 is 0 Å². The summed E-state index contributed by atoms with van der Waals surface area (Å²) in [6.07, 6.45) is 8.89. The molecule has 0 aliphatic heterocycles. The predicted molar refractivity (Wildman–Crippen MR) is 203 cm³/mol. The summed E-state index contributed by atoms with van der Waals surface area (Å²) in [5.74, 6) is 0. The number of allylic oxidation sites excluding steroid dienone is 2. The van der Waals surface area contributed by atoms with Crippen molar-refractivity contribution in [3.8, 4) is 0 Å². The minimum absolute atomic E-state index is 1.12. The first-order chi connectivity index (χ1) is 22.9. The van der Waals surface area contributed by atoms with Crippen LogP contribution in [0.5, 0.6) is 0 Å². The van der Waals surface area contributed by atoms with Crippen LogP contribution in [-0.2, 0) is 0 Å². The molecule has 0 aromatic heterocycles. The van der Waals surface area contributed by atoms with Crippen LogP contribution >= 0.6 is 0 Å². The first-order valence-electron chi connectivity index (χ1n) is 16.3. The van der Waals surface area contributed by atoms with Crippen molar-refractivity contribution in [3.05, 3.63) is 220 Å². The van der Waals surface area contributed by atoms with Gasteiger partial charge in [0.1, 0.15) is 0 Å². The Morgan fingerprint density at radius 3 is 1.51 bits per heavy atom. The van der Waals surface area contributed by atoms with E-state index in [2.05, 4.69) is 209 Å². The zero-order valence-corrected chi connectivity index (χ0v) is 27.7. The van der Waals surface area contributed by atoms with Crippen LogP contribution in [0.2, 0.25) is 0 Å². The summed E-state index contributed by atoms with van der Waals surface area (Å²) < 4.78 is 0. The van der Waals surface area contributed by atoms with Gasteiger partial charge in [0, 0.05) is 23.1 Å². The molecule has 0 amide bonds. The van der Waals surface area contributed by atoms with Gasteiger partial charge in [-0.15, -0.1) is 0 Å². The Bertz CT molecular complexity index is 1940. The summed E-state index contributed by atoms with van der Waals surface area (Å²) >= 11 is 0. The number of rotatable bonds is 9. The van der Waals surface area contributed by atoms with Crippen molar-refractivity contribution in [1.82, 2.24) is 0 Å². The second-order valence-electron chi connectivity index (χ2n) is 12.2. The first kappa shape index (κ1) is 31.3. The van der Waals surface area contributed by atoms with Crippen LogP contribution in [0.1, 0.15) is 50.1 Å². The first-order valence-corrected chi connectivity index (χ1v) is 16.3. The van der Waals surface area contributed by atoms with E-state index in [0.717, 1.165) is 11.4 Å². The van der Waals surface area contributed by atoms with E-state index in [-0.39, 0.29) is 0 Å². The number of hydrogen-bond donors (Lipinski definition) is 0. The lowest BCUT2D eigenvalue weighted by Gasteiger charge is -2.24. The number of anilines is 2. The molecule has 0 atom stereocenters. The highest BCUT2D eigenvalue weighted by Crippen LogP contribution is 2.33. The lowest BCUT2D eigenvalue weighted by atomic mass is 9.96. The van der Waals surface area contributed by atoms with Crippen molar-refractivity contribution in [2.75, 3.05) is 4.90 Å². The monoisotopic (exact) mass is 607 g/mol. The Kier molecular flexibility index (Phi) is 9.75. The molecule has 6 rings (SSSR count). The van der Waals surface area contributed by atoms with Gasteiger partial charge >= 0.3 is 0 Å². The number of nitrogens with zero attached hydrogens (tertiary/aromatic N) is 1. The molecule has 0 saturated carbocycles. The van der Waals surface area contributed by atoms with Gasteiger partial charge in [-0.1, -0.05) is 157 Å². The molecule has 0 N–H and O–H groups in total. The van der Waals surface area contributed by atoms with Crippen molar-refractivity contribution >= 4 is 28.6 Å². The highest BCUT2D eigenvalue weighted by atomic mass is 15.1. The van der Waals surface area contributed by atoms with Gasteiger partial charge in [0.15, 0.2) is 0 Å². The standard InChI is InChI=1S/C46H41N/c1-34-21-25-41(26-22-34)46(42-27-23-35(2)24-28-42)33-47(43-19-11-13-36(3)31-43)44-30-29-38(37(4)32-44)18-12-20-45(39-14-7-5-8-15-39)40-16-9-6-10-17-40/h5-33H,1-4H3/b18-12+. The van der Waals surface area contributed by atoms with E-state index in [1.165, 1.54) is 61.2 Å². The normalized spacial score (nSPS) is 10.9. The van der Waals surface area contributed by atoms with Crippen molar-refractivity contribution in [1.29, 1.82) is 0 Å². The Morgan fingerprint density at radius 2 is 0.979 bits per heavy atom. The van der Waals surface area contributed by atoms with E-state index in [9.17, 15) is 0 Å². The van der Waals surface area contributed by atoms with Gasteiger partial charge in [0.05, 0.1) is 0 Å². The molecule has 0 spiro atoms. The van der Waals surface area contributed by atoms with Crippen LogP contribution in [0.4, 0.5) is 11.4 Å². The molecule has 1 heteroatoms. The van der Waals surface area contributed by atoms with E-state index in [0.29, 0.717) is 0 Å². The molecule has 0 heterocycles. The zero-order chi connectivity index (χ0) is 32.6. The highest BCUT2D eigenvalue weighted by molar-refractivity contribution is 5.85. The van der Waals surface area contributed by atoms with Crippen LogP contribution in [0.25, 0.3) is 17.2 Å². The van der Waals surface area contributed by atoms with Gasteiger partial charge in [0.2, 0.25) is 0 Å². The van der Waals surface area contributed by atoms with Crippen molar-refractivity contribution in [3.63, 3.8) is 0 Å². The van der Waals surface area contributed by atoms with Crippen LogP contribution < -0.4 is 4.90 Å². The van der Waals surface area contributed by atoms with Gasteiger partial charge < -0.3 is 4.90 Å². The fraction of sp³-hybridized carbons (Fsp3) is 0.0870. The molecule has 230 valence electrons. The maximum Gasteiger partial charge on any atom is 0.0458 e. The second kappa shape index (κ2) is 14.6. The Labute approximate surface area is 280 Å². The number of hydrogen-bond acceptors (Lipinski definition) is 1. The quantitative estimate of drug-likeness (QED) is 0.148. The van der Waals surface area contributed by atoms with Gasteiger partial charge in [-0.05, 0) is 96.5 Å². The van der Waals surface area contributed by atoms with Gasteiger partial charge in [-0.25, -0.2) is 0 Å². The minimum atomic E-state index is 1.12. The topological polar surface area (TPSA) is 3.24 Å². The number of aryl methyl sites for hydroxylation is 4. The molecule has 47 heavy (non-hydrogen) atoms. The maximum atomic E-state index is 2.32. The Hall–Kier alpha value is -5.66. The second-order valence-corrected chi connectivity index (χ2v) is 12.2. The lowest BCUT2D eigenvalue weighted by Crippen LogP contribution is -2.11. The molecule has 0 radical (unpaired) electrons. The molecule has 0 saturated heterocycles. The molecule has 0 aliphatic carbocycles. The summed E-state index contributed by atoms with van der Waals surface area (Å²) in [6.45, 7) is 8.62. The molecule has 6 aromatic carbocycles. The summed E-state index contributed by atoms with van der Waals surface area (Å²) in [5.41, 5.74) is 15.5. The van der Waals surface area contributed by atoms with Crippen LogP contribution in [0.15, 0.2) is 170 Å². The Balaban J connectivity index is 1.41. The SMILES string of the molecule is Cc1ccc(C(=CN(c2cccc(C)c2)c2ccc(/C=C/C=C(c3ccccc3)c3ccccc3)c(C)c2)c2ccc(C)cc2)cc1. The van der Waals surface area contributed by atoms with Gasteiger partial charge in [-0.2, -0.15) is 0 Å². The van der Waals surface area contributed by atoms with E-state index in [1.54, 1.807) is 0 Å². The zero-order valence-electron chi connectivity index (χ0n) is 27.7. The molecule has 1 nitrogen and oxygen atoms in total. The van der Waals surface area contributed by atoms with Crippen molar-refractivity contribution in [2.24, 2.45) is 0 Å². The average molecular weight is 608 g/mol. The highest BCUT2D eigenvalue weighted by Gasteiger charge is 2.14. The molecule has 0 aliphatic rings. The summed E-state index contributed by atoms with van der Waals surface area (Å²) in [7, 11) is 0. The maximum absolute atomic E-state index is 2.32. The molecule has 0 unspecified atom stereocenters. The lowest BCUT2D eigenvalue weighted by molar-refractivity contribution is 1.25. The minimum Gasteiger partial charge on any atom is -0.317 e. The molecule has 6 aromatic rings. The van der Waals surface area contributed by atoms with Crippen LogP contribution in [-0.4, -0.2) is 0 Å².